The second-order valence-electron chi connectivity index (χ2n) is 4.30. The normalized spacial score (nSPS) is 10.4. The van der Waals surface area contributed by atoms with Crippen molar-refractivity contribution in [3.8, 4) is 5.75 Å². The standard InChI is InChI=1S/C14H16BrN3O2/c1-4-9-7-13(18(2)17-9)14(19)16-12-8-10(20-3)5-6-11(12)15/h5-8H,4H2,1-3H3,(H,16,19). The van der Waals surface area contributed by atoms with Crippen molar-refractivity contribution in [2.45, 2.75) is 13.3 Å². The van der Waals surface area contributed by atoms with Gasteiger partial charge in [0, 0.05) is 17.6 Å². The van der Waals surface area contributed by atoms with E-state index in [1.807, 2.05) is 19.1 Å². The summed E-state index contributed by atoms with van der Waals surface area (Å²) in [4.78, 5) is 12.3. The molecule has 0 saturated heterocycles. The minimum absolute atomic E-state index is 0.200. The van der Waals surface area contributed by atoms with Crippen LogP contribution < -0.4 is 10.1 Å². The Morgan fingerprint density at radius 1 is 1.45 bits per heavy atom. The molecule has 0 spiro atoms. The van der Waals surface area contributed by atoms with Crippen molar-refractivity contribution in [2.75, 3.05) is 12.4 Å². The van der Waals surface area contributed by atoms with Crippen LogP contribution in [0.1, 0.15) is 23.1 Å². The number of aryl methyl sites for hydroxylation is 2. The van der Waals surface area contributed by atoms with Crippen LogP contribution in [-0.4, -0.2) is 22.8 Å². The lowest BCUT2D eigenvalue weighted by molar-refractivity contribution is 0.101. The van der Waals surface area contributed by atoms with Gasteiger partial charge in [-0.25, -0.2) is 0 Å². The van der Waals surface area contributed by atoms with Gasteiger partial charge >= 0.3 is 0 Å². The summed E-state index contributed by atoms with van der Waals surface area (Å²) < 4.78 is 7.53. The van der Waals surface area contributed by atoms with Gasteiger partial charge in [-0.3, -0.25) is 9.48 Å². The number of hydrogen-bond donors (Lipinski definition) is 1. The fourth-order valence-electron chi connectivity index (χ4n) is 1.83. The van der Waals surface area contributed by atoms with Crippen molar-refractivity contribution >= 4 is 27.5 Å². The van der Waals surface area contributed by atoms with Gasteiger partial charge in [-0.15, -0.1) is 0 Å². The van der Waals surface area contributed by atoms with Crippen LogP contribution in [0.15, 0.2) is 28.7 Å². The van der Waals surface area contributed by atoms with Crippen LogP contribution >= 0.6 is 15.9 Å². The zero-order valence-corrected chi connectivity index (χ0v) is 13.2. The molecular formula is C14H16BrN3O2. The number of hydrogen-bond acceptors (Lipinski definition) is 3. The highest BCUT2D eigenvalue weighted by molar-refractivity contribution is 9.10. The maximum Gasteiger partial charge on any atom is 0.273 e. The third kappa shape index (κ3) is 3.01. The second kappa shape index (κ2) is 6.09. The number of anilines is 1. The van der Waals surface area contributed by atoms with Crippen LogP contribution in [0.4, 0.5) is 5.69 Å². The molecule has 2 rings (SSSR count). The van der Waals surface area contributed by atoms with E-state index in [-0.39, 0.29) is 5.91 Å². The summed E-state index contributed by atoms with van der Waals surface area (Å²) in [6, 6.07) is 7.21. The summed E-state index contributed by atoms with van der Waals surface area (Å²) in [6.45, 7) is 2.00. The molecule has 0 radical (unpaired) electrons. The molecule has 0 bridgehead atoms. The van der Waals surface area contributed by atoms with Crippen molar-refractivity contribution in [2.24, 2.45) is 7.05 Å². The first-order valence-corrected chi connectivity index (χ1v) is 7.02. The van der Waals surface area contributed by atoms with Gasteiger partial charge in [0.25, 0.3) is 5.91 Å². The van der Waals surface area contributed by atoms with Gasteiger partial charge in [0.05, 0.1) is 18.5 Å². The molecule has 1 amide bonds. The highest BCUT2D eigenvalue weighted by Crippen LogP contribution is 2.27. The minimum atomic E-state index is -0.200. The number of methoxy groups -OCH3 is 1. The molecule has 0 unspecified atom stereocenters. The molecule has 20 heavy (non-hydrogen) atoms. The third-order valence-electron chi connectivity index (χ3n) is 2.95. The van der Waals surface area contributed by atoms with E-state index in [1.54, 1.807) is 31.0 Å². The van der Waals surface area contributed by atoms with Crippen molar-refractivity contribution in [1.29, 1.82) is 0 Å². The molecule has 1 N–H and O–H groups in total. The fraction of sp³-hybridized carbons (Fsp3) is 0.286. The predicted octanol–water partition coefficient (Wildman–Crippen LogP) is 3.01. The molecule has 0 aliphatic rings. The number of benzene rings is 1. The molecule has 0 fully saturated rings. The molecule has 6 heteroatoms. The van der Waals surface area contributed by atoms with E-state index in [2.05, 4.69) is 26.3 Å². The van der Waals surface area contributed by atoms with E-state index in [1.165, 1.54) is 0 Å². The molecule has 0 saturated carbocycles. The van der Waals surface area contributed by atoms with Crippen LogP contribution in [0.5, 0.6) is 5.75 Å². The number of halogens is 1. The van der Waals surface area contributed by atoms with Crippen LogP contribution in [0.2, 0.25) is 0 Å². The zero-order chi connectivity index (χ0) is 14.7. The zero-order valence-electron chi connectivity index (χ0n) is 11.6. The van der Waals surface area contributed by atoms with Crippen LogP contribution in [0.25, 0.3) is 0 Å². The van der Waals surface area contributed by atoms with Crippen molar-refractivity contribution in [3.63, 3.8) is 0 Å². The molecule has 1 heterocycles. The number of nitrogens with zero attached hydrogens (tertiary/aromatic N) is 2. The molecule has 0 aliphatic heterocycles. The molecule has 1 aromatic heterocycles. The van der Waals surface area contributed by atoms with E-state index in [0.29, 0.717) is 17.1 Å². The molecular weight excluding hydrogens is 322 g/mol. The predicted molar refractivity (Wildman–Crippen MR) is 81.2 cm³/mol. The monoisotopic (exact) mass is 337 g/mol. The number of aromatic nitrogens is 2. The quantitative estimate of drug-likeness (QED) is 0.932. The summed E-state index contributed by atoms with van der Waals surface area (Å²) in [5.74, 6) is 0.483. The highest BCUT2D eigenvalue weighted by atomic mass is 79.9. The van der Waals surface area contributed by atoms with Crippen LogP contribution in [0, 0.1) is 0 Å². The topological polar surface area (TPSA) is 56.1 Å². The minimum Gasteiger partial charge on any atom is -0.497 e. The molecule has 5 nitrogen and oxygen atoms in total. The molecule has 0 atom stereocenters. The molecule has 106 valence electrons. The number of rotatable bonds is 4. The molecule has 0 aliphatic carbocycles. The van der Waals surface area contributed by atoms with E-state index < -0.39 is 0 Å². The Morgan fingerprint density at radius 3 is 2.80 bits per heavy atom. The summed E-state index contributed by atoms with van der Waals surface area (Å²) in [5.41, 5.74) is 2.08. The van der Waals surface area contributed by atoms with Gasteiger partial charge < -0.3 is 10.1 Å². The first-order chi connectivity index (χ1) is 9.55. The lowest BCUT2D eigenvalue weighted by Gasteiger charge is -2.09. The highest BCUT2D eigenvalue weighted by Gasteiger charge is 2.14. The first kappa shape index (κ1) is 14.6. The maximum atomic E-state index is 12.3. The second-order valence-corrected chi connectivity index (χ2v) is 5.15. The SMILES string of the molecule is CCc1cc(C(=O)Nc2cc(OC)ccc2Br)n(C)n1. The lowest BCUT2D eigenvalue weighted by Crippen LogP contribution is -2.16. The molecule has 2 aromatic rings. The Kier molecular flexibility index (Phi) is 4.44. The van der Waals surface area contributed by atoms with Gasteiger partial charge in [-0.1, -0.05) is 6.92 Å². The van der Waals surface area contributed by atoms with E-state index in [0.717, 1.165) is 16.6 Å². The number of ether oxygens (including phenoxy) is 1. The lowest BCUT2D eigenvalue weighted by atomic mass is 10.2. The Hall–Kier alpha value is -1.82. The van der Waals surface area contributed by atoms with Crippen molar-refractivity contribution in [1.82, 2.24) is 9.78 Å². The summed E-state index contributed by atoms with van der Waals surface area (Å²) in [5, 5.41) is 7.12. The average molecular weight is 338 g/mol. The smallest absolute Gasteiger partial charge is 0.273 e. The Morgan fingerprint density at radius 2 is 2.20 bits per heavy atom. The Labute approximate surface area is 126 Å². The van der Waals surface area contributed by atoms with Crippen molar-refractivity contribution < 1.29 is 9.53 Å². The largest absolute Gasteiger partial charge is 0.497 e. The summed E-state index contributed by atoms with van der Waals surface area (Å²) in [6.07, 6.45) is 0.796. The van der Waals surface area contributed by atoms with Gasteiger partial charge in [0.1, 0.15) is 11.4 Å². The number of carbonyl (C=O) groups is 1. The van der Waals surface area contributed by atoms with Crippen molar-refractivity contribution in [3.05, 3.63) is 40.1 Å². The Balaban J connectivity index is 2.25. The average Bonchev–Trinajstić information content (AvgIpc) is 2.82. The fourth-order valence-corrected chi connectivity index (χ4v) is 2.17. The number of nitrogens with one attached hydrogen (secondary N) is 1. The van der Waals surface area contributed by atoms with Gasteiger partial charge in [-0.05, 0) is 40.5 Å². The molecule has 1 aromatic carbocycles. The summed E-state index contributed by atoms with van der Waals surface area (Å²) in [7, 11) is 3.35. The van der Waals surface area contributed by atoms with E-state index in [9.17, 15) is 4.79 Å². The summed E-state index contributed by atoms with van der Waals surface area (Å²) >= 11 is 3.41. The first-order valence-electron chi connectivity index (χ1n) is 6.23. The number of carbonyl (C=O) groups excluding carboxylic acids is 1. The van der Waals surface area contributed by atoms with E-state index in [4.69, 9.17) is 4.74 Å². The van der Waals surface area contributed by atoms with E-state index >= 15 is 0 Å². The van der Waals surface area contributed by atoms with Gasteiger partial charge in [0.15, 0.2) is 0 Å². The third-order valence-corrected chi connectivity index (χ3v) is 3.64. The maximum absolute atomic E-state index is 12.3. The van der Waals surface area contributed by atoms with Gasteiger partial charge in [0.2, 0.25) is 0 Å². The number of amides is 1. The van der Waals surface area contributed by atoms with Crippen LogP contribution in [-0.2, 0) is 13.5 Å². The van der Waals surface area contributed by atoms with Gasteiger partial charge in [-0.2, -0.15) is 5.10 Å². The van der Waals surface area contributed by atoms with Crippen LogP contribution in [0.3, 0.4) is 0 Å². The Bertz CT molecular complexity index is 637.